The second kappa shape index (κ2) is 31.4. The summed E-state index contributed by atoms with van der Waals surface area (Å²) in [6, 6.07) is 34.5. The maximum absolute atomic E-state index is 15.6. The number of rotatable bonds is 36. The van der Waals surface area contributed by atoms with E-state index in [4.69, 9.17) is 0 Å². The molecule has 0 aliphatic carbocycles. The molecule has 6 atom stereocenters. The van der Waals surface area contributed by atoms with Crippen LogP contribution in [-0.2, 0) is 18.5 Å². The SMILES string of the molecule is C=CCCCC(CC=C)[Si](CC(C)c1ccccc1)Cn1c(=O)n(C[Si](CC(C)c2ccccc2)C(CC=C)CCCC=C)c(=O)n(C[Si](CC(C)c2ccccc2)C(CC=C)CCCC=C)c1=O. The molecule has 0 aliphatic heterocycles. The summed E-state index contributed by atoms with van der Waals surface area (Å²) >= 11 is 0. The molecule has 6 nitrogen and oxygen atoms in total. The maximum atomic E-state index is 15.6. The van der Waals surface area contributed by atoms with Crippen molar-refractivity contribution in [2.45, 2.75) is 169 Å². The summed E-state index contributed by atoms with van der Waals surface area (Å²) < 4.78 is 4.62. The van der Waals surface area contributed by atoms with Gasteiger partial charge in [0.2, 0.25) is 0 Å². The van der Waals surface area contributed by atoms with E-state index in [1.54, 1.807) is 0 Å². The normalized spacial score (nSPS) is 14.2. The molecule has 1 aromatic heterocycles. The van der Waals surface area contributed by atoms with E-state index in [2.05, 4.69) is 133 Å². The molecule has 0 amide bonds. The van der Waals surface area contributed by atoms with Gasteiger partial charge in [0.15, 0.2) is 0 Å². The van der Waals surface area contributed by atoms with Crippen LogP contribution in [-0.4, -0.2) is 40.1 Å². The number of nitrogens with zero attached hydrogens (tertiary/aromatic N) is 3. The van der Waals surface area contributed by atoms with E-state index in [-0.39, 0.29) is 34.4 Å². The smallest absolute Gasteiger partial charge is 0.248 e. The molecule has 0 aliphatic rings. The quantitative estimate of drug-likeness (QED) is 0.0259. The summed E-state index contributed by atoms with van der Waals surface area (Å²) in [6.07, 6.45) is 24.0. The minimum absolute atomic E-state index is 0.227. The van der Waals surface area contributed by atoms with Gasteiger partial charge in [-0.3, -0.25) is 0 Å². The molecule has 3 radical (unpaired) electrons. The van der Waals surface area contributed by atoms with Crippen LogP contribution in [0.5, 0.6) is 0 Å². The monoisotopic (exact) mass is 979 g/mol. The van der Waals surface area contributed by atoms with Gasteiger partial charge in [0.25, 0.3) is 0 Å². The van der Waals surface area contributed by atoms with Gasteiger partial charge in [-0.15, -0.1) is 39.5 Å². The Bertz CT molecular complexity index is 2050. The van der Waals surface area contributed by atoms with Crippen molar-refractivity contribution in [1.29, 1.82) is 0 Å². The summed E-state index contributed by atoms with van der Waals surface area (Å²) in [7, 11) is -4.37. The molecule has 0 spiro atoms. The lowest BCUT2D eigenvalue weighted by molar-refractivity contribution is 0.510. The number of benzene rings is 3. The zero-order valence-electron chi connectivity index (χ0n) is 42.6. The number of aromatic nitrogens is 3. The standard InChI is InChI=1S/C60H84N3O3Si3/c1-10-16-22-40-55(31-13-4)67(43-49(7)52-34-25-19-26-35-52)46-61-58(64)62(47-68(56(32-14-5)41-23-17-11-2)44-50(8)53-36-27-20-28-37-53)60(66)63(59(61)65)48-69(57(33-15-6)42-24-18-12-3)45-51(9)54-38-29-21-30-39-54/h10-15,19-21,25-30,34-39,49-51,55-57H,1-6,16-18,22-24,31-33,40-48H2,7-9H3. The largest absolute Gasteiger partial charge is 0.335 e. The van der Waals surface area contributed by atoms with Crippen molar-refractivity contribution in [3.63, 3.8) is 0 Å². The first-order chi connectivity index (χ1) is 33.5. The van der Waals surface area contributed by atoms with Gasteiger partial charge in [0.1, 0.15) is 0 Å². The summed E-state index contributed by atoms with van der Waals surface area (Å²) in [6.45, 7) is 31.5. The predicted molar refractivity (Wildman–Crippen MR) is 303 cm³/mol. The molecule has 4 rings (SSSR count). The summed E-state index contributed by atoms with van der Waals surface area (Å²) in [5, 5.41) is 0. The highest BCUT2D eigenvalue weighted by atomic mass is 28.3. The van der Waals surface area contributed by atoms with Crippen molar-refractivity contribution < 1.29 is 0 Å². The lowest BCUT2D eigenvalue weighted by Crippen LogP contribution is -2.58. The maximum Gasteiger partial charge on any atom is 0.335 e. The lowest BCUT2D eigenvalue weighted by atomic mass is 10.0. The summed E-state index contributed by atoms with van der Waals surface area (Å²) in [4.78, 5) is 46.7. The minimum atomic E-state index is -1.46. The van der Waals surface area contributed by atoms with E-state index in [0.717, 1.165) is 95.2 Å². The summed E-state index contributed by atoms with van der Waals surface area (Å²) in [5.74, 6) is 0.680. The molecule has 4 aromatic rings. The van der Waals surface area contributed by atoms with Crippen LogP contribution < -0.4 is 17.1 Å². The van der Waals surface area contributed by atoms with Gasteiger partial charge in [-0.1, -0.05) is 186 Å². The van der Waals surface area contributed by atoms with Crippen LogP contribution in [0.1, 0.15) is 132 Å². The average molecular weight is 980 g/mol. The van der Waals surface area contributed by atoms with Crippen LogP contribution in [0.2, 0.25) is 34.8 Å². The molecule has 0 bridgehead atoms. The third-order valence-corrected chi connectivity index (χ3v) is 24.9. The average Bonchev–Trinajstić information content (AvgIpc) is 3.36. The Kier molecular flexibility index (Phi) is 25.8. The topological polar surface area (TPSA) is 66.0 Å². The Labute approximate surface area is 421 Å². The van der Waals surface area contributed by atoms with Crippen molar-refractivity contribution in [2.24, 2.45) is 0 Å². The Morgan fingerprint density at radius 1 is 0.406 bits per heavy atom. The molecule has 0 N–H and O–H groups in total. The molecule has 1 heterocycles. The predicted octanol–water partition coefficient (Wildman–Crippen LogP) is 14.6. The van der Waals surface area contributed by atoms with E-state index < -0.39 is 43.5 Å². The first-order valence-corrected chi connectivity index (χ1v) is 31.8. The fourth-order valence-corrected chi connectivity index (χ4v) is 20.8. The number of allylic oxidation sites excluding steroid dienone is 6. The molecular formula is C60H84N3O3Si3. The van der Waals surface area contributed by atoms with Gasteiger partial charge < -0.3 is 0 Å². The Hall–Kier alpha value is -4.84. The third-order valence-electron chi connectivity index (χ3n) is 14.2. The molecule has 69 heavy (non-hydrogen) atoms. The van der Waals surface area contributed by atoms with E-state index in [9.17, 15) is 0 Å². The molecule has 9 heteroatoms. The van der Waals surface area contributed by atoms with Crippen molar-refractivity contribution >= 4 is 26.4 Å². The summed E-state index contributed by atoms with van der Waals surface area (Å²) in [5.41, 5.74) is 3.26. The van der Waals surface area contributed by atoms with Crippen LogP contribution in [0.25, 0.3) is 0 Å². The van der Waals surface area contributed by atoms with Gasteiger partial charge in [0.05, 0.1) is 26.4 Å². The second-order valence-electron chi connectivity index (χ2n) is 19.5. The van der Waals surface area contributed by atoms with Crippen molar-refractivity contribution in [1.82, 2.24) is 13.7 Å². The van der Waals surface area contributed by atoms with Crippen molar-refractivity contribution in [3.05, 3.63) is 215 Å². The van der Waals surface area contributed by atoms with E-state index in [1.165, 1.54) is 30.4 Å². The molecule has 0 fully saturated rings. The zero-order chi connectivity index (χ0) is 50.0. The number of hydrogen-bond acceptors (Lipinski definition) is 3. The van der Waals surface area contributed by atoms with E-state index >= 15 is 14.4 Å². The molecule has 0 saturated heterocycles. The first kappa shape index (κ1) is 56.7. The molecule has 369 valence electrons. The van der Waals surface area contributed by atoms with Crippen LogP contribution in [0.15, 0.2) is 181 Å². The second-order valence-corrected chi connectivity index (χ2v) is 28.0. The minimum Gasteiger partial charge on any atom is -0.248 e. The Morgan fingerprint density at radius 2 is 0.652 bits per heavy atom. The zero-order valence-corrected chi connectivity index (χ0v) is 45.6. The van der Waals surface area contributed by atoms with Crippen molar-refractivity contribution in [3.8, 4) is 0 Å². The third kappa shape index (κ3) is 17.8. The molecule has 6 unspecified atom stereocenters. The fraction of sp³-hybridized carbons (Fsp3) is 0.450. The number of hydrogen-bond donors (Lipinski definition) is 0. The Morgan fingerprint density at radius 3 is 0.870 bits per heavy atom. The van der Waals surface area contributed by atoms with E-state index in [0.29, 0.717) is 18.5 Å². The highest BCUT2D eigenvalue weighted by Crippen LogP contribution is 2.35. The van der Waals surface area contributed by atoms with Gasteiger partial charge in [-0.2, -0.15) is 0 Å². The van der Waals surface area contributed by atoms with Crippen LogP contribution in [0, 0.1) is 0 Å². The van der Waals surface area contributed by atoms with Crippen molar-refractivity contribution in [2.75, 3.05) is 0 Å². The molecule has 3 aromatic carbocycles. The highest BCUT2D eigenvalue weighted by Gasteiger charge is 2.33. The highest BCUT2D eigenvalue weighted by molar-refractivity contribution is 6.60. The van der Waals surface area contributed by atoms with Crippen LogP contribution in [0.4, 0.5) is 0 Å². The Balaban J connectivity index is 2.01. The fourth-order valence-electron chi connectivity index (χ4n) is 10.3. The van der Waals surface area contributed by atoms with Gasteiger partial charge in [0, 0.05) is 18.5 Å². The van der Waals surface area contributed by atoms with Crippen LogP contribution >= 0.6 is 0 Å². The molecular weight excluding hydrogens is 895 g/mol. The van der Waals surface area contributed by atoms with Gasteiger partial charge in [-0.05, 0) is 109 Å². The van der Waals surface area contributed by atoms with Gasteiger partial charge in [-0.25, -0.2) is 28.1 Å². The van der Waals surface area contributed by atoms with Crippen LogP contribution in [0.3, 0.4) is 0 Å². The molecule has 0 saturated carbocycles. The lowest BCUT2D eigenvalue weighted by Gasteiger charge is -2.31. The van der Waals surface area contributed by atoms with E-state index in [1.807, 2.05) is 54.7 Å². The first-order valence-electron chi connectivity index (χ1n) is 25.8. The number of unbranched alkanes of at least 4 members (excludes halogenated alkanes) is 3. The van der Waals surface area contributed by atoms with Gasteiger partial charge >= 0.3 is 17.1 Å².